The third-order valence-corrected chi connectivity index (χ3v) is 11.6. The highest BCUT2D eigenvalue weighted by molar-refractivity contribution is 7.47. The van der Waals surface area contributed by atoms with Crippen LogP contribution >= 0.6 is 7.82 Å². The number of amides is 1. The van der Waals surface area contributed by atoms with Crippen molar-refractivity contribution in [2.45, 2.75) is 206 Å². The van der Waals surface area contributed by atoms with Crippen molar-refractivity contribution >= 4 is 13.7 Å². The van der Waals surface area contributed by atoms with Crippen LogP contribution in [0.4, 0.5) is 0 Å². The van der Waals surface area contributed by atoms with Crippen molar-refractivity contribution in [1.82, 2.24) is 5.32 Å². The lowest BCUT2D eigenvalue weighted by molar-refractivity contribution is -0.870. The highest BCUT2D eigenvalue weighted by atomic mass is 31.2. The summed E-state index contributed by atoms with van der Waals surface area (Å²) in [4.78, 5) is 23.2. The van der Waals surface area contributed by atoms with Gasteiger partial charge < -0.3 is 19.8 Å². The molecule has 1 amide bonds. The van der Waals surface area contributed by atoms with Gasteiger partial charge in [-0.2, -0.15) is 0 Å². The molecule has 0 saturated heterocycles. The van der Waals surface area contributed by atoms with Gasteiger partial charge in [0, 0.05) is 6.42 Å². The third kappa shape index (κ3) is 45.7. The summed E-state index contributed by atoms with van der Waals surface area (Å²) in [5.41, 5.74) is 0. The van der Waals surface area contributed by atoms with E-state index in [-0.39, 0.29) is 19.1 Å². The number of allylic oxidation sites excluding steroid dienone is 13. The lowest BCUT2D eigenvalue weighted by Gasteiger charge is -2.25. The molecule has 0 aliphatic rings. The zero-order valence-electron chi connectivity index (χ0n) is 40.6. The highest BCUT2D eigenvalue weighted by Gasteiger charge is 2.27. The molecule has 0 aliphatic carbocycles. The van der Waals surface area contributed by atoms with Crippen LogP contribution in [-0.2, 0) is 18.4 Å². The van der Waals surface area contributed by atoms with E-state index in [1.807, 2.05) is 27.2 Å². The van der Waals surface area contributed by atoms with Gasteiger partial charge in [0.25, 0.3) is 0 Å². The monoisotopic (exact) mass is 888 g/mol. The fourth-order valence-electron chi connectivity index (χ4n) is 6.69. The summed E-state index contributed by atoms with van der Waals surface area (Å²) in [5.74, 6) is -0.195. The van der Waals surface area contributed by atoms with Gasteiger partial charge in [-0.15, -0.1) is 0 Å². The molecule has 0 saturated carbocycles. The summed E-state index contributed by atoms with van der Waals surface area (Å²) in [7, 11) is 1.55. The van der Waals surface area contributed by atoms with Crippen molar-refractivity contribution < 1.29 is 32.9 Å². The summed E-state index contributed by atoms with van der Waals surface area (Å²) in [6, 6.07) is -0.859. The second-order valence-electron chi connectivity index (χ2n) is 17.8. The molecule has 0 fully saturated rings. The maximum atomic E-state index is 12.9. The number of quaternary nitrogens is 1. The molecule has 0 radical (unpaired) electrons. The van der Waals surface area contributed by atoms with Gasteiger partial charge in [0.05, 0.1) is 39.9 Å². The second kappa shape index (κ2) is 43.9. The van der Waals surface area contributed by atoms with Gasteiger partial charge in [-0.1, -0.05) is 202 Å². The van der Waals surface area contributed by atoms with Crippen molar-refractivity contribution in [3.05, 3.63) is 85.1 Å². The van der Waals surface area contributed by atoms with Gasteiger partial charge in [-0.05, 0) is 70.6 Å². The first-order chi connectivity index (χ1) is 30.0. The van der Waals surface area contributed by atoms with E-state index >= 15 is 0 Å². The first-order valence-corrected chi connectivity index (χ1v) is 26.5. The van der Waals surface area contributed by atoms with Crippen LogP contribution in [0.3, 0.4) is 0 Å². The molecule has 358 valence electrons. The van der Waals surface area contributed by atoms with Gasteiger partial charge in [-0.3, -0.25) is 13.8 Å². The van der Waals surface area contributed by atoms with E-state index in [9.17, 15) is 19.4 Å². The number of aliphatic hydroxyl groups excluding tert-OH is 1. The number of likely N-dealkylation sites (N-methyl/N-ethyl adjacent to an activating group) is 1. The number of hydrogen-bond donors (Lipinski definition) is 3. The van der Waals surface area contributed by atoms with Crippen LogP contribution in [0.15, 0.2) is 85.1 Å². The predicted octanol–water partition coefficient (Wildman–Crippen LogP) is 14.5. The number of aliphatic hydroxyl groups is 1. The topological polar surface area (TPSA) is 105 Å². The zero-order chi connectivity index (χ0) is 45.7. The number of phosphoric ester groups is 1. The Morgan fingerprint density at radius 3 is 1.42 bits per heavy atom. The Morgan fingerprint density at radius 1 is 0.565 bits per heavy atom. The van der Waals surface area contributed by atoms with Crippen LogP contribution in [-0.4, -0.2) is 73.4 Å². The Morgan fingerprint density at radius 2 is 0.968 bits per heavy atom. The Kier molecular flexibility index (Phi) is 42.3. The largest absolute Gasteiger partial charge is 0.472 e. The van der Waals surface area contributed by atoms with Crippen molar-refractivity contribution in [2.24, 2.45) is 0 Å². The Labute approximate surface area is 382 Å². The molecule has 0 aliphatic heterocycles. The normalized spacial score (nSPS) is 14.9. The lowest BCUT2D eigenvalue weighted by atomic mass is 10.0. The van der Waals surface area contributed by atoms with Gasteiger partial charge in [0.1, 0.15) is 13.2 Å². The molecule has 0 aromatic rings. The quantitative estimate of drug-likeness (QED) is 0.0244. The molecule has 3 N–H and O–H groups in total. The van der Waals surface area contributed by atoms with E-state index in [1.165, 1.54) is 83.5 Å². The Balaban J connectivity index is 4.36. The van der Waals surface area contributed by atoms with Crippen LogP contribution in [0.25, 0.3) is 0 Å². The molecular formula is C53H96N2O6P+. The molecule has 0 heterocycles. The van der Waals surface area contributed by atoms with Crippen molar-refractivity contribution in [2.75, 3.05) is 40.9 Å². The maximum absolute atomic E-state index is 12.9. The van der Waals surface area contributed by atoms with Crippen LogP contribution in [0.2, 0.25) is 0 Å². The third-order valence-electron chi connectivity index (χ3n) is 10.6. The summed E-state index contributed by atoms with van der Waals surface area (Å²) in [5, 5.41) is 13.9. The first-order valence-electron chi connectivity index (χ1n) is 25.0. The Bertz CT molecular complexity index is 1280. The summed E-state index contributed by atoms with van der Waals surface area (Å²) in [6.45, 7) is 4.68. The van der Waals surface area contributed by atoms with Crippen LogP contribution < -0.4 is 5.32 Å². The standard InChI is InChI=1S/C53H95N2O6P/c1-6-8-10-12-14-16-18-20-22-23-24-25-26-27-28-29-30-31-33-35-37-39-41-43-45-47-53(57)54-51(50-61-62(58,59)60-49-48-55(3,4)5)52(56)46-44-42-40-38-36-34-32-21-19-17-15-13-11-9-7-2/h8,10,14,16,20,22,24-25,27-28,30-31,44,46,51-52,56H,6-7,9,11-13,15,17-19,21,23,26,29,32-43,45,47-50H2,1-5H3,(H-,54,57,58,59)/p+1/b10-8-,16-14-,22-20-,25-24-,28-27-,31-30-,46-44+. The van der Waals surface area contributed by atoms with Crippen molar-refractivity contribution in [3.63, 3.8) is 0 Å². The fraction of sp³-hybridized carbons (Fsp3) is 0.717. The average molecular weight is 888 g/mol. The van der Waals surface area contributed by atoms with Crippen LogP contribution in [0, 0.1) is 0 Å². The van der Waals surface area contributed by atoms with Gasteiger partial charge in [-0.25, -0.2) is 4.57 Å². The van der Waals surface area contributed by atoms with E-state index in [0.29, 0.717) is 17.4 Å². The first kappa shape index (κ1) is 59.7. The summed E-state index contributed by atoms with van der Waals surface area (Å²) >= 11 is 0. The fourth-order valence-corrected chi connectivity index (χ4v) is 7.43. The molecule has 0 rings (SSSR count). The Hall–Kier alpha value is -2.32. The molecule has 0 spiro atoms. The predicted molar refractivity (Wildman–Crippen MR) is 267 cm³/mol. The van der Waals surface area contributed by atoms with Crippen LogP contribution in [0.1, 0.15) is 194 Å². The van der Waals surface area contributed by atoms with Crippen molar-refractivity contribution in [3.8, 4) is 0 Å². The summed E-state index contributed by atoms with van der Waals surface area (Å²) < 4.78 is 23.6. The van der Waals surface area contributed by atoms with E-state index in [0.717, 1.165) is 89.9 Å². The smallest absolute Gasteiger partial charge is 0.387 e. The highest BCUT2D eigenvalue weighted by Crippen LogP contribution is 2.43. The SMILES string of the molecule is CC/C=C\C/C=C\C/C=C\C/C=C\C/C=C\C/C=C\CCCCCCCCC(=O)NC(COP(=O)(O)OCC[N+](C)(C)C)C(O)/C=C/CCCCCCCCCCCCCCC. The molecule has 62 heavy (non-hydrogen) atoms. The van der Waals surface area contributed by atoms with E-state index in [2.05, 4.69) is 92.1 Å². The lowest BCUT2D eigenvalue weighted by Crippen LogP contribution is -2.45. The average Bonchev–Trinajstić information content (AvgIpc) is 3.23. The number of carbonyl (C=O) groups is 1. The molecule has 0 aromatic heterocycles. The number of phosphoric acid groups is 1. The number of nitrogens with zero attached hydrogens (tertiary/aromatic N) is 1. The maximum Gasteiger partial charge on any atom is 0.472 e. The zero-order valence-corrected chi connectivity index (χ0v) is 41.5. The minimum Gasteiger partial charge on any atom is -0.387 e. The molecular weight excluding hydrogens is 792 g/mol. The molecule has 8 nitrogen and oxygen atoms in total. The minimum atomic E-state index is -4.35. The molecule has 0 bridgehead atoms. The second-order valence-corrected chi connectivity index (χ2v) is 19.3. The van der Waals surface area contributed by atoms with Crippen molar-refractivity contribution in [1.29, 1.82) is 0 Å². The number of carbonyl (C=O) groups excluding carboxylic acids is 1. The van der Waals surface area contributed by atoms with Gasteiger partial charge in [0.2, 0.25) is 5.91 Å². The van der Waals surface area contributed by atoms with E-state index in [4.69, 9.17) is 9.05 Å². The van der Waals surface area contributed by atoms with Crippen LogP contribution in [0.5, 0.6) is 0 Å². The number of hydrogen-bond acceptors (Lipinski definition) is 5. The van der Waals surface area contributed by atoms with Gasteiger partial charge in [0.15, 0.2) is 0 Å². The number of nitrogens with one attached hydrogen (secondary N) is 1. The minimum absolute atomic E-state index is 0.0540. The van der Waals surface area contributed by atoms with Gasteiger partial charge >= 0.3 is 7.82 Å². The number of rotatable bonds is 44. The summed E-state index contributed by atoms with van der Waals surface area (Å²) in [6.07, 6.45) is 60.8. The molecule has 9 heteroatoms. The number of unbranched alkanes of at least 4 members (excludes halogenated alkanes) is 19. The molecule has 3 unspecified atom stereocenters. The molecule has 3 atom stereocenters. The van der Waals surface area contributed by atoms with E-state index in [1.54, 1.807) is 6.08 Å². The van der Waals surface area contributed by atoms with E-state index < -0.39 is 20.0 Å². The molecule has 0 aromatic carbocycles.